The van der Waals surface area contributed by atoms with Crippen molar-refractivity contribution in [1.29, 1.82) is 5.26 Å². The number of methoxy groups -OCH3 is 1. The fourth-order valence-corrected chi connectivity index (χ4v) is 2.25. The molecule has 0 radical (unpaired) electrons. The summed E-state index contributed by atoms with van der Waals surface area (Å²) in [5.74, 6) is 1.10. The number of ether oxygens (including phenoxy) is 3. The second-order valence-electron chi connectivity index (χ2n) is 4.94. The second kappa shape index (κ2) is 6.75. The van der Waals surface area contributed by atoms with Crippen LogP contribution in [0.3, 0.4) is 0 Å². The summed E-state index contributed by atoms with van der Waals surface area (Å²) in [7, 11) is 1.50. The van der Waals surface area contributed by atoms with Gasteiger partial charge in [0.15, 0.2) is 11.5 Å². The SMILES string of the molecule is COc1cc2c(cc1/C=C(\C#N)C(=O)Nc1ccccc1)OCO2. The number of carbonyl (C=O) groups excluding carboxylic acids is 1. The molecule has 0 bridgehead atoms. The molecule has 2 aromatic carbocycles. The second-order valence-corrected chi connectivity index (χ2v) is 4.94. The van der Waals surface area contributed by atoms with E-state index in [0.717, 1.165) is 0 Å². The Kier molecular flexibility index (Phi) is 4.34. The Labute approximate surface area is 138 Å². The van der Waals surface area contributed by atoms with Gasteiger partial charge in [-0.2, -0.15) is 5.26 Å². The number of amides is 1. The van der Waals surface area contributed by atoms with Gasteiger partial charge in [-0.1, -0.05) is 18.2 Å². The van der Waals surface area contributed by atoms with E-state index in [1.807, 2.05) is 12.1 Å². The molecule has 0 aliphatic carbocycles. The van der Waals surface area contributed by atoms with Crippen molar-refractivity contribution in [3.05, 3.63) is 53.6 Å². The van der Waals surface area contributed by atoms with E-state index < -0.39 is 5.91 Å². The van der Waals surface area contributed by atoms with Gasteiger partial charge >= 0.3 is 0 Å². The molecular formula is C18H14N2O4. The Hall–Kier alpha value is -3.46. The van der Waals surface area contributed by atoms with E-state index in [0.29, 0.717) is 28.5 Å². The molecule has 6 nitrogen and oxygen atoms in total. The van der Waals surface area contributed by atoms with E-state index in [9.17, 15) is 10.1 Å². The molecule has 2 aromatic rings. The summed E-state index contributed by atoms with van der Waals surface area (Å²) in [6, 6.07) is 14.2. The highest BCUT2D eigenvalue weighted by atomic mass is 16.7. The number of rotatable bonds is 4. The zero-order valence-corrected chi connectivity index (χ0v) is 12.9. The third kappa shape index (κ3) is 3.15. The first-order chi connectivity index (χ1) is 11.7. The number of nitrogens with zero attached hydrogens (tertiary/aromatic N) is 1. The minimum atomic E-state index is -0.497. The van der Waals surface area contributed by atoms with Crippen LogP contribution < -0.4 is 19.5 Å². The molecule has 1 heterocycles. The van der Waals surface area contributed by atoms with Gasteiger partial charge in [0, 0.05) is 17.3 Å². The summed E-state index contributed by atoms with van der Waals surface area (Å²) < 4.78 is 15.9. The molecule has 0 atom stereocenters. The highest BCUT2D eigenvalue weighted by Crippen LogP contribution is 2.38. The van der Waals surface area contributed by atoms with Gasteiger partial charge in [-0.3, -0.25) is 4.79 Å². The summed E-state index contributed by atoms with van der Waals surface area (Å²) >= 11 is 0. The molecule has 0 spiro atoms. The number of hydrogen-bond acceptors (Lipinski definition) is 5. The van der Waals surface area contributed by atoms with Crippen molar-refractivity contribution in [3.63, 3.8) is 0 Å². The Morgan fingerprint density at radius 1 is 1.25 bits per heavy atom. The van der Waals surface area contributed by atoms with Gasteiger partial charge in [-0.25, -0.2) is 0 Å². The molecule has 6 heteroatoms. The lowest BCUT2D eigenvalue weighted by molar-refractivity contribution is -0.112. The van der Waals surface area contributed by atoms with Crippen molar-refractivity contribution in [1.82, 2.24) is 0 Å². The van der Waals surface area contributed by atoms with Gasteiger partial charge in [0.1, 0.15) is 17.4 Å². The summed E-state index contributed by atoms with van der Waals surface area (Å²) in [4.78, 5) is 12.3. The van der Waals surface area contributed by atoms with Crippen molar-refractivity contribution in [2.24, 2.45) is 0 Å². The quantitative estimate of drug-likeness (QED) is 0.691. The number of nitriles is 1. The minimum absolute atomic E-state index is 0.0454. The van der Waals surface area contributed by atoms with E-state index in [1.165, 1.54) is 13.2 Å². The third-order valence-corrected chi connectivity index (χ3v) is 3.42. The number of hydrogen-bond donors (Lipinski definition) is 1. The van der Waals surface area contributed by atoms with Gasteiger partial charge in [-0.15, -0.1) is 0 Å². The molecular weight excluding hydrogens is 308 g/mol. The molecule has 120 valence electrons. The van der Waals surface area contributed by atoms with E-state index in [-0.39, 0.29) is 12.4 Å². The third-order valence-electron chi connectivity index (χ3n) is 3.42. The lowest BCUT2D eigenvalue weighted by Crippen LogP contribution is -2.13. The molecule has 1 amide bonds. The fourth-order valence-electron chi connectivity index (χ4n) is 2.25. The average molecular weight is 322 g/mol. The van der Waals surface area contributed by atoms with Crippen LogP contribution >= 0.6 is 0 Å². The van der Waals surface area contributed by atoms with Crippen molar-refractivity contribution < 1.29 is 19.0 Å². The first kappa shape index (κ1) is 15.4. The highest BCUT2D eigenvalue weighted by Gasteiger charge is 2.18. The lowest BCUT2D eigenvalue weighted by atomic mass is 10.1. The molecule has 0 unspecified atom stereocenters. The van der Waals surface area contributed by atoms with Crippen LogP contribution in [0.1, 0.15) is 5.56 Å². The largest absolute Gasteiger partial charge is 0.496 e. The molecule has 0 aromatic heterocycles. The molecule has 24 heavy (non-hydrogen) atoms. The zero-order chi connectivity index (χ0) is 16.9. The Bertz CT molecular complexity index is 838. The number of para-hydroxylation sites is 1. The summed E-state index contributed by atoms with van der Waals surface area (Å²) in [6.45, 7) is 0.130. The van der Waals surface area contributed by atoms with Gasteiger partial charge in [-0.05, 0) is 24.3 Å². The maximum atomic E-state index is 12.3. The Morgan fingerprint density at radius 3 is 2.62 bits per heavy atom. The Balaban J connectivity index is 1.90. The number of carbonyl (C=O) groups is 1. The topological polar surface area (TPSA) is 80.6 Å². The van der Waals surface area contributed by atoms with Gasteiger partial charge in [0.05, 0.1) is 7.11 Å². The van der Waals surface area contributed by atoms with Gasteiger partial charge in [0.2, 0.25) is 6.79 Å². The standard InChI is InChI=1S/C18H14N2O4/c1-22-15-9-17-16(23-11-24-17)8-12(15)7-13(10-19)18(21)20-14-5-3-2-4-6-14/h2-9H,11H2,1H3,(H,20,21)/b13-7+. The maximum Gasteiger partial charge on any atom is 0.266 e. The Morgan fingerprint density at radius 2 is 1.96 bits per heavy atom. The molecule has 0 saturated carbocycles. The van der Waals surface area contributed by atoms with Gasteiger partial charge < -0.3 is 19.5 Å². The molecule has 0 saturated heterocycles. The molecule has 0 fully saturated rings. The summed E-state index contributed by atoms with van der Waals surface area (Å²) in [5.41, 5.74) is 1.12. The summed E-state index contributed by atoms with van der Waals surface area (Å²) in [6.07, 6.45) is 1.46. The fraction of sp³-hybridized carbons (Fsp3) is 0.111. The predicted molar refractivity (Wildman–Crippen MR) is 87.8 cm³/mol. The predicted octanol–water partition coefficient (Wildman–Crippen LogP) is 2.97. The number of nitrogens with one attached hydrogen (secondary N) is 1. The molecule has 1 aliphatic rings. The summed E-state index contributed by atoms with van der Waals surface area (Å²) in [5, 5.41) is 12.0. The van der Waals surface area contributed by atoms with Crippen LogP contribution in [-0.2, 0) is 4.79 Å². The smallest absolute Gasteiger partial charge is 0.266 e. The van der Waals surface area contributed by atoms with Crippen molar-refractivity contribution in [3.8, 4) is 23.3 Å². The number of fused-ring (bicyclic) bond motifs is 1. The van der Waals surface area contributed by atoms with Crippen LogP contribution in [-0.4, -0.2) is 19.8 Å². The highest BCUT2D eigenvalue weighted by molar-refractivity contribution is 6.09. The van der Waals surface area contributed by atoms with Crippen molar-refractivity contribution in [2.75, 3.05) is 19.2 Å². The van der Waals surface area contributed by atoms with Crippen LogP contribution in [0.25, 0.3) is 6.08 Å². The lowest BCUT2D eigenvalue weighted by Gasteiger charge is -2.08. The van der Waals surface area contributed by atoms with Crippen LogP contribution in [0.15, 0.2) is 48.0 Å². The molecule has 3 rings (SSSR count). The van der Waals surface area contributed by atoms with Crippen molar-refractivity contribution >= 4 is 17.7 Å². The van der Waals surface area contributed by atoms with E-state index in [2.05, 4.69) is 5.32 Å². The monoisotopic (exact) mass is 322 g/mol. The first-order valence-corrected chi connectivity index (χ1v) is 7.17. The maximum absolute atomic E-state index is 12.3. The normalized spacial score (nSPS) is 12.4. The van der Waals surface area contributed by atoms with E-state index in [1.54, 1.807) is 36.4 Å². The number of benzene rings is 2. The molecule has 1 N–H and O–H groups in total. The van der Waals surface area contributed by atoms with Crippen LogP contribution in [0.4, 0.5) is 5.69 Å². The average Bonchev–Trinajstić information content (AvgIpc) is 3.06. The number of anilines is 1. The zero-order valence-electron chi connectivity index (χ0n) is 12.9. The first-order valence-electron chi connectivity index (χ1n) is 7.17. The van der Waals surface area contributed by atoms with Crippen molar-refractivity contribution in [2.45, 2.75) is 0 Å². The van der Waals surface area contributed by atoms with E-state index in [4.69, 9.17) is 14.2 Å². The van der Waals surface area contributed by atoms with Crippen LogP contribution in [0.2, 0.25) is 0 Å². The van der Waals surface area contributed by atoms with E-state index >= 15 is 0 Å². The molecule has 1 aliphatic heterocycles. The van der Waals surface area contributed by atoms with Crippen LogP contribution in [0.5, 0.6) is 17.2 Å². The van der Waals surface area contributed by atoms with Gasteiger partial charge in [0.25, 0.3) is 5.91 Å². The minimum Gasteiger partial charge on any atom is -0.496 e. The van der Waals surface area contributed by atoms with Crippen LogP contribution in [0, 0.1) is 11.3 Å².